The largest absolute Gasteiger partial charge is 0.496 e. The topological polar surface area (TPSA) is 71.7 Å². The Bertz CT molecular complexity index is 894. The van der Waals surface area contributed by atoms with Gasteiger partial charge in [-0.1, -0.05) is 18.2 Å². The molecule has 4 saturated heterocycles. The minimum Gasteiger partial charge on any atom is -0.496 e. The van der Waals surface area contributed by atoms with Crippen molar-refractivity contribution in [2.24, 2.45) is 11.7 Å². The fourth-order valence-corrected chi connectivity index (χ4v) is 5.73. The molecule has 2 aromatic rings. The fraction of sp³-hybridized carbons (Fsp3) is 0.455. The molecule has 4 fully saturated rings. The van der Waals surface area contributed by atoms with Crippen molar-refractivity contribution in [1.29, 1.82) is 0 Å². The lowest BCUT2D eigenvalue weighted by atomic mass is 9.75. The molecule has 0 unspecified atom stereocenters. The van der Waals surface area contributed by atoms with Gasteiger partial charge in [-0.15, -0.1) is 0 Å². The van der Waals surface area contributed by atoms with Crippen LogP contribution in [0.25, 0.3) is 0 Å². The number of ether oxygens (including phenoxy) is 1. The second-order valence-corrected chi connectivity index (χ2v) is 8.09. The Labute approximate surface area is 165 Å². The first-order valence-corrected chi connectivity index (χ1v) is 10.1. The summed E-state index contributed by atoms with van der Waals surface area (Å²) in [5.41, 5.74) is 7.44. The number of nitrogens with two attached hydrogens (primary N) is 1. The normalized spacial score (nSPS) is 30.9. The van der Waals surface area contributed by atoms with Gasteiger partial charge in [-0.05, 0) is 50.0 Å². The van der Waals surface area contributed by atoms with Crippen molar-refractivity contribution in [2.75, 3.05) is 31.6 Å². The van der Waals surface area contributed by atoms with Gasteiger partial charge in [-0.25, -0.2) is 4.98 Å². The third kappa shape index (κ3) is 2.58. The number of carbonyl (C=O) groups is 1. The lowest BCUT2D eigenvalue weighted by Gasteiger charge is -2.51. The molecule has 4 aliphatic rings. The van der Waals surface area contributed by atoms with E-state index < -0.39 is 5.91 Å². The average molecular weight is 378 g/mol. The predicted molar refractivity (Wildman–Crippen MR) is 108 cm³/mol. The summed E-state index contributed by atoms with van der Waals surface area (Å²) >= 11 is 0. The van der Waals surface area contributed by atoms with Crippen molar-refractivity contribution in [3.63, 3.8) is 0 Å². The minimum absolute atomic E-state index is 0.312. The van der Waals surface area contributed by atoms with E-state index in [0.717, 1.165) is 31.2 Å². The molecule has 3 atom stereocenters. The van der Waals surface area contributed by atoms with E-state index in [9.17, 15) is 4.79 Å². The second kappa shape index (κ2) is 6.78. The molecule has 6 nitrogen and oxygen atoms in total. The van der Waals surface area contributed by atoms with Crippen LogP contribution >= 0.6 is 0 Å². The number of benzene rings is 1. The minimum atomic E-state index is -0.415. The van der Waals surface area contributed by atoms with Gasteiger partial charge in [0.2, 0.25) is 0 Å². The molecule has 0 saturated carbocycles. The number of methoxy groups -OCH3 is 1. The number of rotatable bonds is 4. The summed E-state index contributed by atoms with van der Waals surface area (Å²) in [4.78, 5) is 21.7. The standard InChI is InChI=1S/C22H26N4O2/c1-28-18-7-3-2-5-15(18)17-13-26(22-16(21(23)27)6-4-10-24-22)19-14-8-11-25(12-9-14)20(17)19/h2-7,10,14,17,19-20H,8-9,11-13H2,1H3,(H2,23,27)/t17-,19+,20+/m0/s1. The van der Waals surface area contributed by atoms with Gasteiger partial charge >= 0.3 is 0 Å². The van der Waals surface area contributed by atoms with Crippen molar-refractivity contribution < 1.29 is 9.53 Å². The van der Waals surface area contributed by atoms with E-state index in [1.807, 2.05) is 12.1 Å². The van der Waals surface area contributed by atoms with Crippen LogP contribution in [-0.2, 0) is 0 Å². The molecule has 6 rings (SSSR count). The van der Waals surface area contributed by atoms with Gasteiger partial charge in [0, 0.05) is 36.3 Å². The number of piperidine rings is 3. The smallest absolute Gasteiger partial charge is 0.252 e. The van der Waals surface area contributed by atoms with E-state index in [-0.39, 0.29) is 0 Å². The molecule has 1 aromatic carbocycles. The molecule has 5 heterocycles. The molecular weight excluding hydrogens is 352 g/mol. The van der Waals surface area contributed by atoms with Gasteiger partial charge in [0.05, 0.1) is 12.7 Å². The molecular formula is C22H26N4O2. The monoisotopic (exact) mass is 378 g/mol. The molecule has 2 bridgehead atoms. The zero-order valence-electron chi connectivity index (χ0n) is 16.1. The lowest BCUT2D eigenvalue weighted by molar-refractivity contribution is 0.0351. The summed E-state index contributed by atoms with van der Waals surface area (Å²) in [6.07, 6.45) is 4.17. The van der Waals surface area contributed by atoms with E-state index in [0.29, 0.717) is 29.5 Å². The van der Waals surface area contributed by atoms with Gasteiger partial charge in [-0.2, -0.15) is 0 Å². The Morgan fingerprint density at radius 2 is 1.93 bits per heavy atom. The van der Waals surface area contributed by atoms with Crippen LogP contribution in [-0.4, -0.2) is 54.6 Å². The van der Waals surface area contributed by atoms with Gasteiger partial charge in [0.15, 0.2) is 0 Å². The van der Waals surface area contributed by atoms with Gasteiger partial charge in [0.25, 0.3) is 5.91 Å². The van der Waals surface area contributed by atoms with E-state index >= 15 is 0 Å². The summed E-state index contributed by atoms with van der Waals surface area (Å²) < 4.78 is 5.69. The number of fused-ring (bicyclic) bond motifs is 2. The highest BCUT2D eigenvalue weighted by Crippen LogP contribution is 2.49. The summed E-state index contributed by atoms with van der Waals surface area (Å²) in [5.74, 6) is 2.19. The predicted octanol–water partition coefficient (Wildman–Crippen LogP) is 2.26. The molecule has 146 valence electrons. The Hall–Kier alpha value is -2.60. The van der Waals surface area contributed by atoms with Crippen molar-refractivity contribution in [3.05, 3.63) is 53.7 Å². The SMILES string of the molecule is COc1ccccc1[C@@H]1CN(c2ncccc2C(N)=O)[C@@H]2C3CCN(CC3)[C@@H]21. The third-order valence-corrected chi connectivity index (χ3v) is 6.86. The van der Waals surface area contributed by atoms with E-state index in [2.05, 4.69) is 26.9 Å². The van der Waals surface area contributed by atoms with Crippen LogP contribution in [0, 0.1) is 5.92 Å². The van der Waals surface area contributed by atoms with Crippen LogP contribution in [0.15, 0.2) is 42.6 Å². The first-order chi connectivity index (χ1) is 13.7. The van der Waals surface area contributed by atoms with E-state index in [4.69, 9.17) is 10.5 Å². The third-order valence-electron chi connectivity index (χ3n) is 6.86. The Morgan fingerprint density at radius 3 is 2.68 bits per heavy atom. The molecule has 28 heavy (non-hydrogen) atoms. The number of anilines is 1. The number of nitrogens with zero attached hydrogens (tertiary/aromatic N) is 3. The number of para-hydroxylation sites is 1. The summed E-state index contributed by atoms with van der Waals surface area (Å²) in [7, 11) is 1.74. The van der Waals surface area contributed by atoms with Gasteiger partial charge in [0.1, 0.15) is 11.6 Å². The number of carbonyl (C=O) groups excluding carboxylic acids is 1. The number of pyridine rings is 1. The first kappa shape index (κ1) is 17.5. The molecule has 0 spiro atoms. The number of amides is 1. The lowest BCUT2D eigenvalue weighted by Crippen LogP contribution is -2.60. The number of aromatic nitrogens is 1. The molecule has 0 radical (unpaired) electrons. The Kier molecular flexibility index (Phi) is 4.23. The van der Waals surface area contributed by atoms with Crippen LogP contribution < -0.4 is 15.4 Å². The molecule has 1 amide bonds. The van der Waals surface area contributed by atoms with Crippen molar-refractivity contribution >= 4 is 11.7 Å². The van der Waals surface area contributed by atoms with Gasteiger partial charge in [-0.3, -0.25) is 9.69 Å². The van der Waals surface area contributed by atoms with Crippen LogP contribution in [0.1, 0.15) is 34.7 Å². The maximum Gasteiger partial charge on any atom is 0.252 e. The molecule has 4 aliphatic heterocycles. The van der Waals surface area contributed by atoms with Crippen LogP contribution in [0.3, 0.4) is 0 Å². The summed E-state index contributed by atoms with van der Waals surface area (Å²) in [6.45, 7) is 3.12. The summed E-state index contributed by atoms with van der Waals surface area (Å²) in [5, 5.41) is 0. The Morgan fingerprint density at radius 1 is 1.14 bits per heavy atom. The highest BCUT2D eigenvalue weighted by molar-refractivity contribution is 5.97. The highest BCUT2D eigenvalue weighted by Gasteiger charge is 2.54. The quantitative estimate of drug-likeness (QED) is 0.884. The maximum absolute atomic E-state index is 12.1. The zero-order chi connectivity index (χ0) is 19.3. The summed E-state index contributed by atoms with van der Waals surface area (Å²) in [6, 6.07) is 12.7. The van der Waals surface area contributed by atoms with Crippen LogP contribution in [0.2, 0.25) is 0 Å². The van der Waals surface area contributed by atoms with Crippen molar-refractivity contribution in [1.82, 2.24) is 9.88 Å². The Balaban J connectivity index is 1.61. The zero-order valence-corrected chi connectivity index (χ0v) is 16.1. The molecule has 2 N–H and O–H groups in total. The number of hydrogen-bond donors (Lipinski definition) is 1. The first-order valence-electron chi connectivity index (χ1n) is 10.1. The maximum atomic E-state index is 12.1. The average Bonchev–Trinajstić information content (AvgIpc) is 3.17. The molecule has 0 aliphatic carbocycles. The van der Waals surface area contributed by atoms with E-state index in [1.54, 1.807) is 25.4 Å². The second-order valence-electron chi connectivity index (χ2n) is 8.09. The molecule has 1 aromatic heterocycles. The highest BCUT2D eigenvalue weighted by atomic mass is 16.5. The number of hydrogen-bond acceptors (Lipinski definition) is 5. The number of primary amides is 1. The van der Waals surface area contributed by atoms with Gasteiger partial charge < -0.3 is 15.4 Å². The van der Waals surface area contributed by atoms with Crippen LogP contribution in [0.4, 0.5) is 5.82 Å². The van der Waals surface area contributed by atoms with Crippen molar-refractivity contribution in [2.45, 2.75) is 30.8 Å². The fourth-order valence-electron chi connectivity index (χ4n) is 5.73. The van der Waals surface area contributed by atoms with E-state index in [1.165, 1.54) is 18.4 Å². The van der Waals surface area contributed by atoms with Crippen molar-refractivity contribution in [3.8, 4) is 5.75 Å². The van der Waals surface area contributed by atoms with Crippen LogP contribution in [0.5, 0.6) is 5.75 Å². The molecule has 6 heteroatoms.